The Bertz CT molecular complexity index is 578. The van der Waals surface area contributed by atoms with Crippen LogP contribution in [-0.4, -0.2) is 23.7 Å². The molecule has 100 valence electrons. The second-order valence-electron chi connectivity index (χ2n) is 5.48. The molecule has 0 spiro atoms. The maximum Gasteiger partial charge on any atom is 0.134 e. The molecular weight excluding hydrogens is 236 g/mol. The van der Waals surface area contributed by atoms with Crippen LogP contribution in [0.1, 0.15) is 24.8 Å². The molecule has 19 heavy (non-hydrogen) atoms. The van der Waals surface area contributed by atoms with Crippen LogP contribution >= 0.6 is 0 Å². The number of nitrogens with zero attached hydrogens (tertiary/aromatic N) is 2. The van der Waals surface area contributed by atoms with Gasteiger partial charge < -0.3 is 10.0 Å². The Balaban J connectivity index is 1.90. The molecule has 0 radical (unpaired) electrons. The summed E-state index contributed by atoms with van der Waals surface area (Å²) in [5, 5.41) is 10.6. The standard InChI is InChI=1S/C16H20N2O/c1-18(9-8-12-6-7-12)16-14(11-19)10-13-4-2-3-5-15(13)17-16/h2-5,10,12,19H,6-9,11H2,1H3. The van der Waals surface area contributed by atoms with Gasteiger partial charge in [0.15, 0.2) is 0 Å². The van der Waals surface area contributed by atoms with Crippen molar-refractivity contribution < 1.29 is 5.11 Å². The molecule has 1 heterocycles. The first-order valence-electron chi connectivity index (χ1n) is 6.98. The van der Waals surface area contributed by atoms with Crippen molar-refractivity contribution in [3.05, 3.63) is 35.9 Å². The van der Waals surface area contributed by atoms with Gasteiger partial charge in [-0.3, -0.25) is 0 Å². The van der Waals surface area contributed by atoms with Crippen LogP contribution < -0.4 is 4.90 Å². The van der Waals surface area contributed by atoms with E-state index in [-0.39, 0.29) is 6.61 Å². The lowest BCUT2D eigenvalue weighted by molar-refractivity contribution is 0.282. The van der Waals surface area contributed by atoms with E-state index < -0.39 is 0 Å². The molecule has 3 rings (SSSR count). The van der Waals surface area contributed by atoms with Crippen molar-refractivity contribution in [1.29, 1.82) is 0 Å². The van der Waals surface area contributed by atoms with E-state index in [1.807, 2.05) is 30.3 Å². The van der Waals surface area contributed by atoms with Gasteiger partial charge in [0.2, 0.25) is 0 Å². The Morgan fingerprint density at radius 2 is 2.11 bits per heavy atom. The number of aromatic nitrogens is 1. The quantitative estimate of drug-likeness (QED) is 0.893. The number of fused-ring (bicyclic) bond motifs is 1. The van der Waals surface area contributed by atoms with Crippen LogP contribution in [0.15, 0.2) is 30.3 Å². The van der Waals surface area contributed by atoms with Crippen LogP contribution in [-0.2, 0) is 6.61 Å². The SMILES string of the molecule is CN(CCC1CC1)c1nc2ccccc2cc1CO. The highest BCUT2D eigenvalue weighted by molar-refractivity contribution is 5.81. The van der Waals surface area contributed by atoms with Crippen molar-refractivity contribution >= 4 is 16.7 Å². The topological polar surface area (TPSA) is 36.4 Å². The maximum absolute atomic E-state index is 9.55. The summed E-state index contributed by atoms with van der Waals surface area (Å²) in [4.78, 5) is 6.89. The van der Waals surface area contributed by atoms with Gasteiger partial charge in [-0.25, -0.2) is 4.98 Å². The van der Waals surface area contributed by atoms with E-state index >= 15 is 0 Å². The van der Waals surface area contributed by atoms with Gasteiger partial charge >= 0.3 is 0 Å². The van der Waals surface area contributed by atoms with Crippen LogP contribution in [0.25, 0.3) is 10.9 Å². The average Bonchev–Trinajstić information content (AvgIpc) is 3.27. The molecule has 1 N–H and O–H groups in total. The molecule has 0 bridgehead atoms. The van der Waals surface area contributed by atoms with E-state index in [2.05, 4.69) is 11.9 Å². The third kappa shape index (κ3) is 2.71. The first-order chi connectivity index (χ1) is 9.28. The largest absolute Gasteiger partial charge is 0.392 e. The molecule has 0 atom stereocenters. The van der Waals surface area contributed by atoms with Crippen LogP contribution in [0.4, 0.5) is 5.82 Å². The van der Waals surface area contributed by atoms with E-state index in [0.717, 1.165) is 34.7 Å². The first-order valence-corrected chi connectivity index (χ1v) is 6.98. The van der Waals surface area contributed by atoms with Gasteiger partial charge in [-0.1, -0.05) is 31.0 Å². The minimum absolute atomic E-state index is 0.0426. The fourth-order valence-corrected chi connectivity index (χ4v) is 2.49. The Hall–Kier alpha value is -1.61. The van der Waals surface area contributed by atoms with Crippen molar-refractivity contribution in [1.82, 2.24) is 4.98 Å². The number of anilines is 1. The van der Waals surface area contributed by atoms with Crippen molar-refractivity contribution in [3.8, 4) is 0 Å². The summed E-state index contributed by atoms with van der Waals surface area (Å²) < 4.78 is 0. The fourth-order valence-electron chi connectivity index (χ4n) is 2.49. The molecule has 1 fully saturated rings. The van der Waals surface area contributed by atoms with Gasteiger partial charge in [-0.15, -0.1) is 0 Å². The molecule has 1 aliphatic rings. The summed E-state index contributed by atoms with van der Waals surface area (Å²) in [6.07, 6.45) is 3.99. The van der Waals surface area contributed by atoms with Gasteiger partial charge in [0, 0.05) is 24.5 Å². The van der Waals surface area contributed by atoms with Crippen molar-refractivity contribution in [2.24, 2.45) is 5.92 Å². The number of benzene rings is 1. The Morgan fingerprint density at radius 3 is 2.84 bits per heavy atom. The summed E-state index contributed by atoms with van der Waals surface area (Å²) in [5.74, 6) is 1.84. The Labute approximate surface area is 113 Å². The number of para-hydroxylation sites is 1. The van der Waals surface area contributed by atoms with Crippen LogP contribution in [0.2, 0.25) is 0 Å². The molecule has 1 saturated carbocycles. The maximum atomic E-state index is 9.55. The fraction of sp³-hybridized carbons (Fsp3) is 0.438. The third-order valence-corrected chi connectivity index (χ3v) is 3.88. The molecule has 1 aromatic carbocycles. The minimum Gasteiger partial charge on any atom is -0.392 e. The predicted molar refractivity (Wildman–Crippen MR) is 78.3 cm³/mol. The number of aliphatic hydroxyl groups is 1. The smallest absolute Gasteiger partial charge is 0.134 e. The molecule has 0 aliphatic heterocycles. The highest BCUT2D eigenvalue weighted by Crippen LogP contribution is 2.33. The second-order valence-corrected chi connectivity index (χ2v) is 5.48. The summed E-state index contributed by atoms with van der Waals surface area (Å²) in [6.45, 7) is 1.06. The predicted octanol–water partition coefficient (Wildman–Crippen LogP) is 2.96. The van der Waals surface area contributed by atoms with Crippen molar-refractivity contribution in [3.63, 3.8) is 0 Å². The molecular formula is C16H20N2O. The number of pyridine rings is 1. The second kappa shape index (κ2) is 5.17. The lowest BCUT2D eigenvalue weighted by atomic mass is 10.1. The molecule has 2 aromatic rings. The lowest BCUT2D eigenvalue weighted by Crippen LogP contribution is -2.21. The molecule has 0 saturated heterocycles. The Morgan fingerprint density at radius 1 is 1.32 bits per heavy atom. The normalized spacial score (nSPS) is 14.8. The van der Waals surface area contributed by atoms with E-state index in [0.29, 0.717) is 0 Å². The number of hydrogen-bond donors (Lipinski definition) is 1. The monoisotopic (exact) mass is 256 g/mol. The molecule has 1 aliphatic carbocycles. The van der Waals surface area contributed by atoms with E-state index in [9.17, 15) is 5.11 Å². The van der Waals surface area contributed by atoms with Gasteiger partial charge in [0.25, 0.3) is 0 Å². The molecule has 0 amide bonds. The van der Waals surface area contributed by atoms with Crippen LogP contribution in [0, 0.1) is 5.92 Å². The zero-order chi connectivity index (χ0) is 13.2. The number of rotatable bonds is 5. The van der Waals surface area contributed by atoms with E-state index in [1.165, 1.54) is 19.3 Å². The van der Waals surface area contributed by atoms with Crippen molar-refractivity contribution in [2.45, 2.75) is 25.9 Å². The lowest BCUT2D eigenvalue weighted by Gasteiger charge is -2.21. The summed E-state index contributed by atoms with van der Waals surface area (Å²) in [6, 6.07) is 10.1. The van der Waals surface area contributed by atoms with E-state index in [4.69, 9.17) is 4.98 Å². The van der Waals surface area contributed by atoms with Gasteiger partial charge in [-0.2, -0.15) is 0 Å². The molecule has 3 nitrogen and oxygen atoms in total. The van der Waals surface area contributed by atoms with Crippen LogP contribution in [0.3, 0.4) is 0 Å². The summed E-state index contributed by atoms with van der Waals surface area (Å²) >= 11 is 0. The summed E-state index contributed by atoms with van der Waals surface area (Å²) in [5.41, 5.74) is 1.91. The highest BCUT2D eigenvalue weighted by atomic mass is 16.3. The minimum atomic E-state index is 0.0426. The van der Waals surface area contributed by atoms with Gasteiger partial charge in [0.05, 0.1) is 12.1 Å². The van der Waals surface area contributed by atoms with Crippen LogP contribution in [0.5, 0.6) is 0 Å². The third-order valence-electron chi connectivity index (χ3n) is 3.88. The highest BCUT2D eigenvalue weighted by Gasteiger charge is 2.22. The number of hydrogen-bond acceptors (Lipinski definition) is 3. The first kappa shape index (κ1) is 12.4. The van der Waals surface area contributed by atoms with Gasteiger partial charge in [-0.05, 0) is 24.5 Å². The summed E-state index contributed by atoms with van der Waals surface area (Å²) in [7, 11) is 2.07. The number of aliphatic hydroxyl groups excluding tert-OH is 1. The molecule has 1 aromatic heterocycles. The average molecular weight is 256 g/mol. The van der Waals surface area contributed by atoms with Gasteiger partial charge in [0.1, 0.15) is 5.82 Å². The van der Waals surface area contributed by atoms with Crippen molar-refractivity contribution in [2.75, 3.05) is 18.5 Å². The molecule has 3 heteroatoms. The molecule has 0 unspecified atom stereocenters. The zero-order valence-electron chi connectivity index (χ0n) is 11.3. The van der Waals surface area contributed by atoms with E-state index in [1.54, 1.807) is 0 Å². The Kier molecular flexibility index (Phi) is 3.38. The zero-order valence-corrected chi connectivity index (χ0v) is 11.3.